The molecule has 0 heterocycles. The van der Waals surface area contributed by atoms with E-state index in [0.29, 0.717) is 15.6 Å². The van der Waals surface area contributed by atoms with Crippen molar-refractivity contribution in [3.63, 3.8) is 0 Å². The molecular formula is C10H8Br2O2. The first-order chi connectivity index (χ1) is 6.56. The van der Waals surface area contributed by atoms with Gasteiger partial charge in [0.15, 0.2) is 12.1 Å². The molecule has 0 aliphatic rings. The molecule has 1 atom stereocenters. The summed E-state index contributed by atoms with van der Waals surface area (Å²) in [5.41, 5.74) is 1.03. The summed E-state index contributed by atoms with van der Waals surface area (Å²) >= 11 is 6.41. The van der Waals surface area contributed by atoms with E-state index in [1.807, 2.05) is 0 Å². The van der Waals surface area contributed by atoms with Gasteiger partial charge in [0.2, 0.25) is 0 Å². The van der Waals surface area contributed by atoms with Crippen LogP contribution in [0.2, 0.25) is 0 Å². The first-order valence-electron chi connectivity index (χ1n) is 3.99. The number of hydrogen-bond donors (Lipinski definition) is 0. The second-order valence-electron chi connectivity index (χ2n) is 2.83. The van der Waals surface area contributed by atoms with Gasteiger partial charge < -0.3 is 0 Å². The normalized spacial score (nSPS) is 12.2. The van der Waals surface area contributed by atoms with E-state index in [4.69, 9.17) is 0 Å². The van der Waals surface area contributed by atoms with Crippen LogP contribution in [-0.2, 0) is 0 Å². The highest BCUT2D eigenvalue weighted by Crippen LogP contribution is 2.18. The molecule has 1 aromatic rings. The van der Waals surface area contributed by atoms with Gasteiger partial charge in [-0.25, -0.2) is 0 Å². The third-order valence-electron chi connectivity index (χ3n) is 1.77. The van der Waals surface area contributed by atoms with E-state index in [9.17, 15) is 9.59 Å². The number of alkyl halides is 1. The minimum atomic E-state index is -0.233. The van der Waals surface area contributed by atoms with Crippen LogP contribution >= 0.6 is 31.9 Å². The zero-order valence-corrected chi connectivity index (χ0v) is 10.6. The summed E-state index contributed by atoms with van der Waals surface area (Å²) in [7, 11) is 0. The number of carbonyl (C=O) groups excluding carboxylic acids is 2. The highest BCUT2D eigenvalue weighted by atomic mass is 79.9. The Labute approximate surface area is 98.9 Å². The van der Waals surface area contributed by atoms with Gasteiger partial charge in [-0.05, 0) is 19.1 Å². The number of carbonyl (C=O) groups is 2. The van der Waals surface area contributed by atoms with Gasteiger partial charge in [-0.1, -0.05) is 37.9 Å². The highest BCUT2D eigenvalue weighted by Gasteiger charge is 2.12. The van der Waals surface area contributed by atoms with Gasteiger partial charge in [0.05, 0.1) is 4.83 Å². The van der Waals surface area contributed by atoms with Gasteiger partial charge in [0.25, 0.3) is 0 Å². The molecule has 0 saturated heterocycles. The molecule has 0 aromatic heterocycles. The van der Waals surface area contributed by atoms with Crippen molar-refractivity contribution >= 4 is 43.9 Å². The molecule has 1 aromatic carbocycles. The standard InChI is InChI=1S/C10H8Br2O2/c1-6(11)10(14)7-2-3-9(12)8(4-7)5-13/h2-6H,1H3. The van der Waals surface area contributed by atoms with Crippen molar-refractivity contribution in [2.45, 2.75) is 11.8 Å². The molecule has 0 aliphatic carbocycles. The summed E-state index contributed by atoms with van der Waals surface area (Å²) in [6.45, 7) is 1.75. The lowest BCUT2D eigenvalue weighted by Gasteiger charge is -2.04. The highest BCUT2D eigenvalue weighted by molar-refractivity contribution is 9.10. The van der Waals surface area contributed by atoms with E-state index in [1.165, 1.54) is 0 Å². The van der Waals surface area contributed by atoms with Gasteiger partial charge in [-0.3, -0.25) is 9.59 Å². The summed E-state index contributed by atoms with van der Waals surface area (Å²) < 4.78 is 0.700. The van der Waals surface area contributed by atoms with E-state index < -0.39 is 0 Å². The van der Waals surface area contributed by atoms with Gasteiger partial charge in [0.1, 0.15) is 0 Å². The fourth-order valence-corrected chi connectivity index (χ4v) is 1.62. The molecule has 0 amide bonds. The molecule has 4 heteroatoms. The van der Waals surface area contributed by atoms with Crippen LogP contribution in [-0.4, -0.2) is 16.9 Å². The van der Waals surface area contributed by atoms with Crippen LogP contribution in [0.4, 0.5) is 0 Å². The molecule has 0 N–H and O–H groups in total. The molecule has 0 saturated carbocycles. The summed E-state index contributed by atoms with van der Waals surface area (Å²) in [6, 6.07) is 4.97. The summed E-state index contributed by atoms with van der Waals surface area (Å²) in [4.78, 5) is 21.9. The maximum Gasteiger partial charge on any atom is 0.176 e. The van der Waals surface area contributed by atoms with Gasteiger partial charge >= 0.3 is 0 Å². The molecule has 2 nitrogen and oxygen atoms in total. The molecular weight excluding hydrogens is 312 g/mol. The number of Topliss-reactive ketones (excluding diaryl/α,β-unsaturated/α-hetero) is 1. The lowest BCUT2D eigenvalue weighted by molar-refractivity contribution is 0.0996. The fraction of sp³-hybridized carbons (Fsp3) is 0.200. The van der Waals surface area contributed by atoms with Crippen LogP contribution in [0, 0.1) is 0 Å². The Kier molecular flexibility index (Phi) is 4.01. The molecule has 1 rings (SSSR count). The fourth-order valence-electron chi connectivity index (χ4n) is 1.02. The SMILES string of the molecule is CC(Br)C(=O)c1ccc(Br)c(C=O)c1. The van der Waals surface area contributed by atoms with E-state index >= 15 is 0 Å². The van der Waals surface area contributed by atoms with Crippen molar-refractivity contribution < 1.29 is 9.59 Å². The Morgan fingerprint density at radius 2 is 2.14 bits per heavy atom. The smallest absolute Gasteiger partial charge is 0.176 e. The zero-order chi connectivity index (χ0) is 10.7. The Morgan fingerprint density at radius 3 is 2.64 bits per heavy atom. The lowest BCUT2D eigenvalue weighted by Crippen LogP contribution is -2.10. The number of halogens is 2. The molecule has 1 unspecified atom stereocenters. The average molecular weight is 320 g/mol. The quantitative estimate of drug-likeness (QED) is 0.487. The second kappa shape index (κ2) is 4.84. The third-order valence-corrected chi connectivity index (χ3v) is 2.91. The molecule has 0 fully saturated rings. The Morgan fingerprint density at radius 1 is 1.50 bits per heavy atom. The molecule has 0 aliphatic heterocycles. The number of ketones is 1. The van der Waals surface area contributed by atoms with Crippen LogP contribution in [0.3, 0.4) is 0 Å². The van der Waals surface area contributed by atoms with Crippen molar-refractivity contribution in [2.75, 3.05) is 0 Å². The van der Waals surface area contributed by atoms with Crippen molar-refractivity contribution in [3.8, 4) is 0 Å². The van der Waals surface area contributed by atoms with E-state index in [0.717, 1.165) is 6.29 Å². The number of benzene rings is 1. The first-order valence-corrected chi connectivity index (χ1v) is 5.70. The van der Waals surface area contributed by atoms with Crippen LogP contribution in [0.15, 0.2) is 22.7 Å². The Balaban J connectivity index is 3.12. The van der Waals surface area contributed by atoms with E-state index in [-0.39, 0.29) is 10.6 Å². The first kappa shape index (κ1) is 11.6. The van der Waals surface area contributed by atoms with Crippen LogP contribution < -0.4 is 0 Å². The molecule has 0 bridgehead atoms. The molecule has 0 radical (unpaired) electrons. The second-order valence-corrected chi connectivity index (χ2v) is 5.06. The van der Waals surface area contributed by atoms with Gasteiger partial charge in [-0.2, -0.15) is 0 Å². The predicted molar refractivity (Wildman–Crippen MR) is 62.2 cm³/mol. The maximum atomic E-state index is 11.5. The molecule has 0 spiro atoms. The third kappa shape index (κ3) is 2.51. The predicted octanol–water partition coefficient (Wildman–Crippen LogP) is 3.23. The van der Waals surface area contributed by atoms with Crippen LogP contribution in [0.25, 0.3) is 0 Å². The number of hydrogen-bond acceptors (Lipinski definition) is 2. The summed E-state index contributed by atoms with van der Waals surface area (Å²) in [6.07, 6.45) is 0.722. The van der Waals surface area contributed by atoms with E-state index in [2.05, 4.69) is 31.9 Å². The minimum Gasteiger partial charge on any atom is -0.298 e. The molecule has 14 heavy (non-hydrogen) atoms. The summed E-state index contributed by atoms with van der Waals surface area (Å²) in [5, 5.41) is 0. The minimum absolute atomic E-state index is 0.0272. The number of aldehydes is 1. The van der Waals surface area contributed by atoms with Crippen molar-refractivity contribution in [2.24, 2.45) is 0 Å². The Bertz CT molecular complexity index is 372. The zero-order valence-electron chi connectivity index (χ0n) is 7.46. The monoisotopic (exact) mass is 318 g/mol. The largest absolute Gasteiger partial charge is 0.298 e. The molecule has 74 valence electrons. The average Bonchev–Trinajstić information content (AvgIpc) is 2.17. The van der Waals surface area contributed by atoms with Crippen LogP contribution in [0.1, 0.15) is 27.6 Å². The Hall–Kier alpha value is -0.480. The van der Waals surface area contributed by atoms with Gasteiger partial charge in [0, 0.05) is 15.6 Å². The maximum absolute atomic E-state index is 11.5. The van der Waals surface area contributed by atoms with Crippen molar-refractivity contribution in [1.82, 2.24) is 0 Å². The van der Waals surface area contributed by atoms with Crippen molar-refractivity contribution in [1.29, 1.82) is 0 Å². The topological polar surface area (TPSA) is 34.1 Å². The van der Waals surface area contributed by atoms with Crippen molar-refractivity contribution in [3.05, 3.63) is 33.8 Å². The van der Waals surface area contributed by atoms with E-state index in [1.54, 1.807) is 25.1 Å². The lowest BCUT2D eigenvalue weighted by atomic mass is 10.1. The summed E-state index contributed by atoms with van der Waals surface area (Å²) in [5.74, 6) is -0.0272. The van der Waals surface area contributed by atoms with Gasteiger partial charge in [-0.15, -0.1) is 0 Å². The van der Waals surface area contributed by atoms with Crippen LogP contribution in [0.5, 0.6) is 0 Å². The number of rotatable bonds is 3.